The van der Waals surface area contributed by atoms with Gasteiger partial charge in [-0.3, -0.25) is 9.59 Å². The van der Waals surface area contributed by atoms with E-state index >= 15 is 0 Å². The van der Waals surface area contributed by atoms with Crippen molar-refractivity contribution in [3.05, 3.63) is 59.7 Å². The Hall–Kier alpha value is -3.02. The molecule has 3 rings (SSSR count). The van der Waals surface area contributed by atoms with Crippen LogP contribution in [0, 0.1) is 0 Å². The van der Waals surface area contributed by atoms with Crippen molar-refractivity contribution >= 4 is 11.9 Å². The minimum atomic E-state index is -0.399. The second kappa shape index (κ2) is 8.99. The maximum Gasteiger partial charge on any atom is 0.306 e. The molecule has 1 aliphatic rings. The highest BCUT2D eigenvalue weighted by Gasteiger charge is 2.27. The van der Waals surface area contributed by atoms with Crippen LogP contribution >= 0.6 is 0 Å². The van der Waals surface area contributed by atoms with Gasteiger partial charge < -0.3 is 19.1 Å². The van der Waals surface area contributed by atoms with E-state index in [1.807, 2.05) is 69.3 Å². The molecule has 0 aromatic heterocycles. The van der Waals surface area contributed by atoms with E-state index < -0.39 is 5.97 Å². The van der Waals surface area contributed by atoms with E-state index in [0.717, 1.165) is 11.1 Å². The first-order valence-electron chi connectivity index (χ1n) is 9.71. The zero-order chi connectivity index (χ0) is 20.9. The molecule has 1 heterocycles. The van der Waals surface area contributed by atoms with Crippen LogP contribution in [0.1, 0.15) is 38.3 Å². The third-order valence-electron chi connectivity index (χ3n) is 4.71. The fraction of sp³-hybridized carbons (Fsp3) is 0.391. The fourth-order valence-electron chi connectivity index (χ4n) is 3.10. The number of hydrogen-bond donors (Lipinski definition) is 0. The summed E-state index contributed by atoms with van der Waals surface area (Å²) in [4.78, 5) is 26.6. The number of ether oxygens (including phenoxy) is 3. The number of benzene rings is 2. The highest BCUT2D eigenvalue weighted by molar-refractivity contribution is 5.81. The normalized spacial score (nSPS) is 12.5. The van der Waals surface area contributed by atoms with Crippen molar-refractivity contribution in [1.82, 2.24) is 4.90 Å². The molecule has 0 spiro atoms. The summed E-state index contributed by atoms with van der Waals surface area (Å²) in [6.45, 7) is 6.33. The van der Waals surface area contributed by atoms with Crippen molar-refractivity contribution in [3.8, 4) is 11.5 Å². The largest absolute Gasteiger partial charge is 0.456 e. The van der Waals surface area contributed by atoms with Gasteiger partial charge in [-0.05, 0) is 50.5 Å². The van der Waals surface area contributed by atoms with Crippen LogP contribution in [0.5, 0.6) is 11.5 Å². The summed E-state index contributed by atoms with van der Waals surface area (Å²) in [5, 5.41) is 0. The van der Waals surface area contributed by atoms with Crippen LogP contribution < -0.4 is 9.47 Å². The molecule has 0 radical (unpaired) electrons. The van der Waals surface area contributed by atoms with Crippen LogP contribution in [0.2, 0.25) is 0 Å². The molecule has 0 fully saturated rings. The molecular weight excluding hydrogens is 370 g/mol. The maximum absolute atomic E-state index is 12.7. The molecule has 6 nitrogen and oxygen atoms in total. The number of carbonyl (C=O) groups is 2. The minimum Gasteiger partial charge on any atom is -0.456 e. The van der Waals surface area contributed by atoms with E-state index in [4.69, 9.17) is 14.2 Å². The van der Waals surface area contributed by atoms with Crippen LogP contribution in [-0.4, -0.2) is 35.7 Å². The Bertz CT molecular complexity index is 857. The molecule has 0 saturated carbocycles. The summed E-state index contributed by atoms with van der Waals surface area (Å²) in [5.41, 5.74) is 1.61. The number of esters is 1. The molecule has 0 atom stereocenters. The molecular formula is C23H27NO5. The van der Waals surface area contributed by atoms with E-state index in [1.165, 1.54) is 0 Å². The van der Waals surface area contributed by atoms with Gasteiger partial charge in [-0.2, -0.15) is 0 Å². The van der Waals surface area contributed by atoms with Gasteiger partial charge in [0.05, 0.1) is 0 Å². The summed E-state index contributed by atoms with van der Waals surface area (Å²) in [7, 11) is 0. The van der Waals surface area contributed by atoms with Crippen molar-refractivity contribution in [1.29, 1.82) is 0 Å². The molecule has 1 aliphatic heterocycles. The summed E-state index contributed by atoms with van der Waals surface area (Å²) < 4.78 is 15.9. The quantitative estimate of drug-likeness (QED) is 0.667. The van der Waals surface area contributed by atoms with Gasteiger partial charge in [-0.1, -0.05) is 36.4 Å². The maximum atomic E-state index is 12.7. The van der Waals surface area contributed by atoms with Crippen LogP contribution in [0.15, 0.2) is 48.5 Å². The summed E-state index contributed by atoms with van der Waals surface area (Å²) >= 11 is 0. The van der Waals surface area contributed by atoms with E-state index in [2.05, 4.69) is 0 Å². The zero-order valence-electron chi connectivity index (χ0n) is 17.1. The van der Waals surface area contributed by atoms with Crippen LogP contribution in [-0.2, 0) is 27.3 Å². The van der Waals surface area contributed by atoms with Crippen molar-refractivity contribution in [2.45, 2.75) is 45.7 Å². The predicted octanol–water partition coefficient (Wildman–Crippen LogP) is 3.72. The number of fused-ring (bicyclic) bond motifs is 1. The van der Waals surface area contributed by atoms with Gasteiger partial charge >= 0.3 is 5.97 Å². The Labute approximate surface area is 171 Å². The Balaban J connectivity index is 1.50. The van der Waals surface area contributed by atoms with Crippen molar-refractivity contribution < 1.29 is 23.8 Å². The molecule has 2 aromatic rings. The van der Waals surface area contributed by atoms with Crippen LogP contribution in [0.3, 0.4) is 0 Å². The highest BCUT2D eigenvalue weighted by Crippen LogP contribution is 2.32. The third-order valence-corrected chi connectivity index (χ3v) is 4.71. The Morgan fingerprint density at radius 2 is 1.72 bits per heavy atom. The SMILES string of the molecule is CC(C)(C)N(Cc1ccccc1)C(=O)COC(=O)CCc1ccc2c(c1)OCO2. The Kier molecular flexibility index (Phi) is 6.42. The molecule has 0 N–H and O–H groups in total. The number of nitrogens with zero attached hydrogens (tertiary/aromatic N) is 1. The first-order valence-corrected chi connectivity index (χ1v) is 9.71. The predicted molar refractivity (Wildman–Crippen MR) is 109 cm³/mol. The summed E-state index contributed by atoms with van der Waals surface area (Å²) in [5.74, 6) is 0.790. The van der Waals surface area contributed by atoms with Crippen molar-refractivity contribution in [2.75, 3.05) is 13.4 Å². The smallest absolute Gasteiger partial charge is 0.306 e. The number of carbonyl (C=O) groups excluding carboxylic acids is 2. The van der Waals surface area contributed by atoms with Gasteiger partial charge in [0, 0.05) is 18.5 Å². The Morgan fingerprint density at radius 1 is 1.00 bits per heavy atom. The van der Waals surface area contributed by atoms with Crippen molar-refractivity contribution in [2.24, 2.45) is 0 Å². The number of rotatable bonds is 7. The van der Waals surface area contributed by atoms with E-state index in [9.17, 15) is 9.59 Å². The molecule has 0 unspecified atom stereocenters. The lowest BCUT2D eigenvalue weighted by atomic mass is 10.0. The number of aryl methyl sites for hydroxylation is 1. The Morgan fingerprint density at radius 3 is 2.45 bits per heavy atom. The third kappa shape index (κ3) is 5.73. The van der Waals surface area contributed by atoms with E-state index in [1.54, 1.807) is 4.90 Å². The van der Waals surface area contributed by atoms with Gasteiger partial charge in [-0.25, -0.2) is 0 Å². The monoisotopic (exact) mass is 397 g/mol. The molecule has 0 bridgehead atoms. The first-order chi connectivity index (χ1) is 13.8. The fourth-order valence-corrected chi connectivity index (χ4v) is 3.10. The second-order valence-corrected chi connectivity index (χ2v) is 7.98. The molecule has 154 valence electrons. The lowest BCUT2D eigenvalue weighted by Crippen LogP contribution is -2.46. The molecule has 2 aromatic carbocycles. The summed E-state index contributed by atoms with van der Waals surface area (Å²) in [6.07, 6.45) is 0.706. The molecule has 0 aliphatic carbocycles. The number of amides is 1. The van der Waals surface area contributed by atoms with Gasteiger partial charge in [0.2, 0.25) is 6.79 Å². The van der Waals surface area contributed by atoms with Gasteiger partial charge in [-0.15, -0.1) is 0 Å². The lowest BCUT2D eigenvalue weighted by Gasteiger charge is -2.35. The van der Waals surface area contributed by atoms with Gasteiger partial charge in [0.25, 0.3) is 5.91 Å². The first kappa shape index (κ1) is 20.7. The van der Waals surface area contributed by atoms with E-state index in [-0.39, 0.29) is 31.3 Å². The van der Waals surface area contributed by atoms with Crippen molar-refractivity contribution in [3.63, 3.8) is 0 Å². The summed E-state index contributed by atoms with van der Waals surface area (Å²) in [6, 6.07) is 15.4. The zero-order valence-corrected chi connectivity index (χ0v) is 17.1. The van der Waals surface area contributed by atoms with Crippen LogP contribution in [0.25, 0.3) is 0 Å². The standard InChI is InChI=1S/C23H27NO5/c1-23(2,3)24(14-18-7-5-4-6-8-18)21(25)15-27-22(26)12-10-17-9-11-19-20(13-17)29-16-28-19/h4-9,11,13H,10,12,14-16H2,1-3H3. The van der Waals surface area contributed by atoms with Gasteiger partial charge in [0.15, 0.2) is 18.1 Å². The molecule has 1 amide bonds. The molecule has 29 heavy (non-hydrogen) atoms. The average Bonchev–Trinajstić information content (AvgIpc) is 3.16. The van der Waals surface area contributed by atoms with E-state index in [0.29, 0.717) is 24.5 Å². The average molecular weight is 397 g/mol. The molecule has 0 saturated heterocycles. The van der Waals surface area contributed by atoms with Gasteiger partial charge in [0.1, 0.15) is 0 Å². The lowest BCUT2D eigenvalue weighted by molar-refractivity contribution is -0.154. The highest BCUT2D eigenvalue weighted by atomic mass is 16.7. The second-order valence-electron chi connectivity index (χ2n) is 7.98. The topological polar surface area (TPSA) is 65.1 Å². The van der Waals surface area contributed by atoms with Crippen LogP contribution in [0.4, 0.5) is 0 Å². The molecule has 6 heteroatoms. The number of hydrogen-bond acceptors (Lipinski definition) is 5. The minimum absolute atomic E-state index is 0.196.